The summed E-state index contributed by atoms with van der Waals surface area (Å²) >= 11 is 0. The Bertz CT molecular complexity index is 916. The Kier molecular flexibility index (Phi) is 3.74. The molecular formula is C19H16NO3-. The Morgan fingerprint density at radius 2 is 1.91 bits per heavy atom. The van der Waals surface area contributed by atoms with E-state index in [2.05, 4.69) is 4.98 Å². The van der Waals surface area contributed by atoms with Crippen LogP contribution in [-0.4, -0.2) is 18.1 Å². The number of methoxy groups -OCH3 is 1. The maximum Gasteiger partial charge on any atom is 0.119 e. The van der Waals surface area contributed by atoms with Gasteiger partial charge in [-0.2, -0.15) is 0 Å². The minimum atomic E-state index is -1.20. The lowest BCUT2D eigenvalue weighted by Gasteiger charge is -2.13. The predicted octanol–water partition coefficient (Wildman–Crippen LogP) is 2.89. The van der Waals surface area contributed by atoms with Gasteiger partial charge < -0.3 is 14.6 Å². The number of nitrogens with zero attached hydrogens (tertiary/aromatic N) is 1. The molecule has 0 aliphatic rings. The highest BCUT2D eigenvalue weighted by atomic mass is 16.5. The van der Waals surface area contributed by atoms with Crippen LogP contribution in [-0.2, 0) is 0 Å². The second kappa shape index (κ2) is 5.72. The van der Waals surface area contributed by atoms with Crippen molar-refractivity contribution in [3.05, 3.63) is 59.2 Å². The fourth-order valence-electron chi connectivity index (χ4n) is 2.78. The predicted molar refractivity (Wildman–Crippen MR) is 87.5 cm³/mol. The maximum absolute atomic E-state index is 11.6. The zero-order chi connectivity index (χ0) is 16.6. The largest absolute Gasteiger partial charge is 0.545 e. The molecular weight excluding hydrogens is 290 g/mol. The maximum atomic E-state index is 11.6. The topological polar surface area (TPSA) is 62.2 Å². The van der Waals surface area contributed by atoms with Crippen molar-refractivity contribution in [3.8, 4) is 17.0 Å². The van der Waals surface area contributed by atoms with Crippen molar-refractivity contribution in [2.24, 2.45) is 0 Å². The van der Waals surface area contributed by atoms with E-state index in [1.54, 1.807) is 13.2 Å². The third kappa shape index (κ3) is 2.75. The highest BCUT2D eigenvalue weighted by molar-refractivity contribution is 6.04. The highest BCUT2D eigenvalue weighted by Crippen LogP contribution is 2.29. The van der Waals surface area contributed by atoms with Gasteiger partial charge in [-0.05, 0) is 43.7 Å². The van der Waals surface area contributed by atoms with Crippen LogP contribution in [0.3, 0.4) is 0 Å². The van der Waals surface area contributed by atoms with Crippen molar-refractivity contribution >= 4 is 16.9 Å². The summed E-state index contributed by atoms with van der Waals surface area (Å²) < 4.78 is 5.22. The van der Waals surface area contributed by atoms with E-state index >= 15 is 0 Å². The molecule has 0 saturated carbocycles. The normalized spacial score (nSPS) is 10.7. The van der Waals surface area contributed by atoms with Gasteiger partial charge in [-0.3, -0.25) is 0 Å². The van der Waals surface area contributed by atoms with Gasteiger partial charge in [0.05, 0.1) is 24.3 Å². The summed E-state index contributed by atoms with van der Waals surface area (Å²) in [5.74, 6) is -0.508. The van der Waals surface area contributed by atoms with Crippen LogP contribution in [0.5, 0.6) is 5.75 Å². The monoisotopic (exact) mass is 306 g/mol. The fourth-order valence-corrected chi connectivity index (χ4v) is 2.78. The van der Waals surface area contributed by atoms with Crippen LogP contribution < -0.4 is 9.84 Å². The first-order valence-corrected chi connectivity index (χ1v) is 7.27. The van der Waals surface area contributed by atoms with Gasteiger partial charge in [0, 0.05) is 16.5 Å². The van der Waals surface area contributed by atoms with Crippen LogP contribution in [0.15, 0.2) is 42.5 Å². The van der Waals surface area contributed by atoms with Gasteiger partial charge in [0.15, 0.2) is 0 Å². The van der Waals surface area contributed by atoms with E-state index in [0.29, 0.717) is 22.3 Å². The van der Waals surface area contributed by atoms with Crippen LogP contribution >= 0.6 is 0 Å². The van der Waals surface area contributed by atoms with E-state index < -0.39 is 5.97 Å². The Morgan fingerprint density at radius 1 is 1.13 bits per heavy atom. The zero-order valence-corrected chi connectivity index (χ0v) is 13.2. The van der Waals surface area contributed by atoms with Crippen molar-refractivity contribution in [1.29, 1.82) is 0 Å². The van der Waals surface area contributed by atoms with E-state index in [0.717, 1.165) is 16.7 Å². The standard InChI is InChI=1S/C19H17NO3/c1-11-7-12(2)18-15(8-11)16(19(21)22)10-17(20-18)13-5-4-6-14(9-13)23-3/h4-10H,1-3H3,(H,21,22)/p-1. The molecule has 1 aromatic heterocycles. The molecule has 0 atom stereocenters. The molecule has 0 radical (unpaired) electrons. The second-order valence-corrected chi connectivity index (χ2v) is 5.55. The summed E-state index contributed by atoms with van der Waals surface area (Å²) in [7, 11) is 1.59. The molecule has 2 aromatic carbocycles. The van der Waals surface area contributed by atoms with Crippen LogP contribution in [0.25, 0.3) is 22.2 Å². The molecule has 3 rings (SSSR count). The van der Waals surface area contributed by atoms with E-state index in [4.69, 9.17) is 4.74 Å². The van der Waals surface area contributed by atoms with E-state index in [1.807, 2.05) is 50.2 Å². The first-order valence-electron chi connectivity index (χ1n) is 7.27. The van der Waals surface area contributed by atoms with Crippen molar-refractivity contribution < 1.29 is 14.6 Å². The molecule has 0 aliphatic carbocycles. The molecule has 0 fully saturated rings. The van der Waals surface area contributed by atoms with E-state index in [9.17, 15) is 9.90 Å². The number of benzene rings is 2. The number of aromatic nitrogens is 1. The summed E-state index contributed by atoms with van der Waals surface area (Å²) in [6, 6.07) is 12.8. The smallest absolute Gasteiger partial charge is 0.119 e. The van der Waals surface area contributed by atoms with Crippen molar-refractivity contribution in [1.82, 2.24) is 4.98 Å². The summed E-state index contributed by atoms with van der Waals surface area (Å²) in [6.45, 7) is 3.86. The van der Waals surface area contributed by atoms with Crippen LogP contribution in [0.4, 0.5) is 0 Å². The van der Waals surface area contributed by atoms with Gasteiger partial charge in [0.1, 0.15) is 5.75 Å². The molecule has 0 bridgehead atoms. The molecule has 4 nitrogen and oxygen atoms in total. The third-order valence-electron chi connectivity index (χ3n) is 3.83. The number of carboxylic acids is 1. The van der Waals surface area contributed by atoms with Crippen LogP contribution in [0, 0.1) is 13.8 Å². The molecule has 0 aliphatic heterocycles. The van der Waals surface area contributed by atoms with Gasteiger partial charge in [0.25, 0.3) is 0 Å². The molecule has 0 N–H and O–H groups in total. The number of hydrogen-bond donors (Lipinski definition) is 0. The van der Waals surface area contributed by atoms with Gasteiger partial charge in [0.2, 0.25) is 0 Å². The van der Waals surface area contributed by atoms with Crippen LogP contribution in [0.2, 0.25) is 0 Å². The number of carbonyl (C=O) groups is 1. The van der Waals surface area contributed by atoms with Crippen molar-refractivity contribution in [2.45, 2.75) is 13.8 Å². The number of carbonyl (C=O) groups excluding carboxylic acids is 1. The van der Waals surface area contributed by atoms with E-state index in [1.165, 1.54) is 0 Å². The third-order valence-corrected chi connectivity index (χ3v) is 3.83. The number of ether oxygens (including phenoxy) is 1. The molecule has 0 spiro atoms. The second-order valence-electron chi connectivity index (χ2n) is 5.55. The van der Waals surface area contributed by atoms with E-state index in [-0.39, 0.29) is 5.56 Å². The quantitative estimate of drug-likeness (QED) is 0.746. The van der Waals surface area contributed by atoms with Gasteiger partial charge >= 0.3 is 0 Å². The minimum absolute atomic E-state index is 0.152. The molecule has 116 valence electrons. The van der Waals surface area contributed by atoms with Crippen LogP contribution in [0.1, 0.15) is 21.5 Å². The molecule has 0 unspecified atom stereocenters. The summed E-state index contributed by atoms with van der Waals surface area (Å²) in [6.07, 6.45) is 0. The first kappa shape index (κ1) is 15.0. The van der Waals surface area contributed by atoms with Gasteiger partial charge in [-0.1, -0.05) is 23.8 Å². The lowest BCUT2D eigenvalue weighted by molar-refractivity contribution is -0.254. The van der Waals surface area contributed by atoms with Gasteiger partial charge in [-0.15, -0.1) is 0 Å². The Balaban J connectivity index is 2.32. The Hall–Kier alpha value is -2.88. The molecule has 1 heterocycles. The first-order chi connectivity index (χ1) is 11.0. The SMILES string of the molecule is COc1cccc(-c2cc(C(=O)[O-])c3cc(C)cc(C)c3n2)c1. The summed E-state index contributed by atoms with van der Waals surface area (Å²) in [5.41, 5.74) is 4.15. The molecule has 3 aromatic rings. The lowest BCUT2D eigenvalue weighted by Crippen LogP contribution is -2.23. The molecule has 0 saturated heterocycles. The summed E-state index contributed by atoms with van der Waals surface area (Å²) in [5, 5.41) is 12.2. The fraction of sp³-hybridized carbons (Fsp3) is 0.158. The average molecular weight is 306 g/mol. The number of pyridine rings is 1. The van der Waals surface area contributed by atoms with Crippen molar-refractivity contribution in [2.75, 3.05) is 7.11 Å². The van der Waals surface area contributed by atoms with Gasteiger partial charge in [-0.25, -0.2) is 4.98 Å². The van der Waals surface area contributed by atoms with Crippen molar-refractivity contribution in [3.63, 3.8) is 0 Å². The average Bonchev–Trinajstić information content (AvgIpc) is 2.54. The number of aromatic carboxylic acids is 1. The molecule has 4 heteroatoms. The zero-order valence-electron chi connectivity index (χ0n) is 13.2. The number of hydrogen-bond acceptors (Lipinski definition) is 4. The number of aryl methyl sites for hydroxylation is 2. The Morgan fingerprint density at radius 3 is 2.61 bits per heavy atom. The summed E-state index contributed by atoms with van der Waals surface area (Å²) in [4.78, 5) is 16.2. The molecule has 23 heavy (non-hydrogen) atoms. The lowest BCUT2D eigenvalue weighted by atomic mass is 10.00. The number of carboxylic acid groups (broad SMARTS) is 1. The number of rotatable bonds is 3. The highest BCUT2D eigenvalue weighted by Gasteiger charge is 2.11. The molecule has 0 amide bonds. The minimum Gasteiger partial charge on any atom is -0.545 e. The Labute approximate surface area is 134 Å². The number of fused-ring (bicyclic) bond motifs is 1.